The van der Waals surface area contributed by atoms with Gasteiger partial charge in [-0.1, -0.05) is 35.5 Å². The third-order valence-electron chi connectivity index (χ3n) is 2.95. The highest BCUT2D eigenvalue weighted by molar-refractivity contribution is 7.99. The van der Waals surface area contributed by atoms with E-state index >= 15 is 0 Å². The van der Waals surface area contributed by atoms with Crippen LogP contribution >= 0.6 is 23.4 Å². The molecule has 2 rings (SSSR count). The van der Waals surface area contributed by atoms with Crippen molar-refractivity contribution in [3.63, 3.8) is 0 Å². The van der Waals surface area contributed by atoms with Gasteiger partial charge in [-0.05, 0) is 49.2 Å². The number of hydrogen-bond acceptors (Lipinski definition) is 2. The zero-order valence-corrected chi connectivity index (χ0v) is 12.4. The number of hydrogen-bond donors (Lipinski definition) is 2. The fraction of sp³-hybridized carbons (Fsp3) is 0.133. The highest BCUT2D eigenvalue weighted by atomic mass is 35.5. The summed E-state index contributed by atoms with van der Waals surface area (Å²) in [5.41, 5.74) is 8.63. The molecule has 0 aromatic heterocycles. The van der Waals surface area contributed by atoms with Crippen LogP contribution in [0.15, 0.2) is 46.2 Å². The van der Waals surface area contributed by atoms with Crippen LogP contribution in [0.5, 0.6) is 0 Å². The molecule has 0 bridgehead atoms. The summed E-state index contributed by atoms with van der Waals surface area (Å²) in [5, 5.41) is 8.01. The van der Waals surface area contributed by atoms with Crippen LogP contribution in [0.1, 0.15) is 16.7 Å². The number of benzene rings is 2. The van der Waals surface area contributed by atoms with Crippen LogP contribution in [-0.2, 0) is 0 Å². The van der Waals surface area contributed by atoms with Crippen LogP contribution in [0.25, 0.3) is 0 Å². The van der Waals surface area contributed by atoms with E-state index in [9.17, 15) is 0 Å². The standard InChI is InChI=1S/C15H15ClN2S/c1-9-3-5-12(7-10(9)2)19-14-6-4-11(15(17)18)8-13(14)16/h3-8H,1-2H3,(H3,17,18). The van der Waals surface area contributed by atoms with E-state index in [1.54, 1.807) is 17.8 Å². The predicted molar refractivity (Wildman–Crippen MR) is 82.5 cm³/mol. The van der Waals surface area contributed by atoms with Crippen molar-refractivity contribution in [3.05, 3.63) is 58.1 Å². The van der Waals surface area contributed by atoms with E-state index in [1.165, 1.54) is 11.1 Å². The van der Waals surface area contributed by atoms with E-state index < -0.39 is 0 Å². The van der Waals surface area contributed by atoms with Crippen molar-refractivity contribution in [2.45, 2.75) is 23.6 Å². The number of nitrogens with two attached hydrogens (primary N) is 1. The fourth-order valence-corrected chi connectivity index (χ4v) is 2.87. The molecule has 0 spiro atoms. The average Bonchev–Trinajstić information content (AvgIpc) is 2.36. The van der Waals surface area contributed by atoms with Gasteiger partial charge in [-0.3, -0.25) is 5.41 Å². The van der Waals surface area contributed by atoms with Crippen molar-refractivity contribution in [1.29, 1.82) is 5.41 Å². The Kier molecular flexibility index (Phi) is 4.17. The maximum atomic E-state index is 7.39. The Balaban J connectivity index is 2.28. The topological polar surface area (TPSA) is 49.9 Å². The Morgan fingerprint density at radius 3 is 2.42 bits per heavy atom. The average molecular weight is 291 g/mol. The van der Waals surface area contributed by atoms with E-state index in [0.29, 0.717) is 10.6 Å². The Hall–Kier alpha value is -1.45. The number of nitrogen functional groups attached to an aromatic ring is 1. The van der Waals surface area contributed by atoms with Crippen molar-refractivity contribution >= 4 is 29.2 Å². The van der Waals surface area contributed by atoms with E-state index in [2.05, 4.69) is 32.0 Å². The summed E-state index contributed by atoms with van der Waals surface area (Å²) < 4.78 is 0. The van der Waals surface area contributed by atoms with Gasteiger partial charge in [0.2, 0.25) is 0 Å². The molecule has 19 heavy (non-hydrogen) atoms. The number of amidine groups is 1. The summed E-state index contributed by atoms with van der Waals surface area (Å²) >= 11 is 7.84. The SMILES string of the molecule is Cc1ccc(Sc2ccc(C(=N)N)cc2Cl)cc1C. The maximum Gasteiger partial charge on any atom is 0.122 e. The monoisotopic (exact) mass is 290 g/mol. The van der Waals surface area contributed by atoms with Gasteiger partial charge in [-0.15, -0.1) is 0 Å². The minimum atomic E-state index is 0.0321. The predicted octanol–water partition coefficient (Wildman–Crippen LogP) is 4.39. The van der Waals surface area contributed by atoms with Crippen molar-refractivity contribution in [2.24, 2.45) is 5.73 Å². The minimum absolute atomic E-state index is 0.0321. The van der Waals surface area contributed by atoms with Gasteiger partial charge in [0.05, 0.1) is 5.02 Å². The fourth-order valence-electron chi connectivity index (χ4n) is 1.66. The molecule has 0 saturated heterocycles. The number of nitrogens with one attached hydrogen (secondary N) is 1. The lowest BCUT2D eigenvalue weighted by molar-refractivity contribution is 1.27. The first-order valence-corrected chi connectivity index (χ1v) is 7.06. The highest BCUT2D eigenvalue weighted by Crippen LogP contribution is 2.34. The number of rotatable bonds is 3. The lowest BCUT2D eigenvalue weighted by Crippen LogP contribution is -2.10. The molecule has 0 radical (unpaired) electrons. The van der Waals surface area contributed by atoms with Gasteiger partial charge < -0.3 is 5.73 Å². The quantitative estimate of drug-likeness (QED) is 0.650. The maximum absolute atomic E-state index is 7.39. The molecule has 2 aromatic carbocycles. The molecular formula is C15H15ClN2S. The summed E-state index contributed by atoms with van der Waals surface area (Å²) in [4.78, 5) is 2.12. The molecule has 0 fully saturated rings. The molecule has 2 aromatic rings. The Morgan fingerprint density at radius 1 is 1.11 bits per heavy atom. The van der Waals surface area contributed by atoms with Crippen LogP contribution in [0, 0.1) is 19.3 Å². The summed E-state index contributed by atoms with van der Waals surface area (Å²) in [6.07, 6.45) is 0. The van der Waals surface area contributed by atoms with Crippen LogP contribution in [0.4, 0.5) is 0 Å². The summed E-state index contributed by atoms with van der Waals surface area (Å²) in [6, 6.07) is 11.8. The van der Waals surface area contributed by atoms with Crippen molar-refractivity contribution < 1.29 is 0 Å². The molecule has 2 nitrogen and oxygen atoms in total. The lowest BCUT2D eigenvalue weighted by atomic mass is 10.1. The van der Waals surface area contributed by atoms with Crippen LogP contribution in [-0.4, -0.2) is 5.84 Å². The van der Waals surface area contributed by atoms with Gasteiger partial charge >= 0.3 is 0 Å². The number of halogens is 1. The van der Waals surface area contributed by atoms with Crippen molar-refractivity contribution in [3.8, 4) is 0 Å². The molecular weight excluding hydrogens is 276 g/mol. The molecule has 0 saturated carbocycles. The van der Waals surface area contributed by atoms with E-state index in [1.807, 2.05) is 12.1 Å². The molecule has 0 amide bonds. The van der Waals surface area contributed by atoms with Gasteiger partial charge in [0.1, 0.15) is 5.84 Å². The smallest absolute Gasteiger partial charge is 0.122 e. The molecule has 0 unspecified atom stereocenters. The summed E-state index contributed by atoms with van der Waals surface area (Å²) in [5.74, 6) is 0.0321. The second-order valence-corrected chi connectivity index (χ2v) is 5.93. The van der Waals surface area contributed by atoms with Gasteiger partial charge in [0.15, 0.2) is 0 Å². The van der Waals surface area contributed by atoms with Gasteiger partial charge in [0, 0.05) is 15.4 Å². The van der Waals surface area contributed by atoms with Gasteiger partial charge in [-0.2, -0.15) is 0 Å². The first kappa shape index (κ1) is 14.0. The van der Waals surface area contributed by atoms with Crippen LogP contribution in [0.3, 0.4) is 0 Å². The van der Waals surface area contributed by atoms with E-state index in [0.717, 1.165) is 9.79 Å². The molecule has 0 aliphatic carbocycles. The van der Waals surface area contributed by atoms with Crippen LogP contribution < -0.4 is 5.73 Å². The van der Waals surface area contributed by atoms with E-state index in [-0.39, 0.29) is 5.84 Å². The third kappa shape index (κ3) is 3.31. The van der Waals surface area contributed by atoms with Gasteiger partial charge in [-0.25, -0.2) is 0 Å². The van der Waals surface area contributed by atoms with Crippen molar-refractivity contribution in [1.82, 2.24) is 0 Å². The minimum Gasteiger partial charge on any atom is -0.384 e. The summed E-state index contributed by atoms with van der Waals surface area (Å²) in [7, 11) is 0. The third-order valence-corrected chi connectivity index (χ3v) is 4.44. The second kappa shape index (κ2) is 5.68. The molecule has 98 valence electrons. The number of aryl methyl sites for hydroxylation is 2. The molecule has 0 heterocycles. The Morgan fingerprint density at radius 2 is 1.84 bits per heavy atom. The van der Waals surface area contributed by atoms with Crippen molar-refractivity contribution in [2.75, 3.05) is 0 Å². The van der Waals surface area contributed by atoms with E-state index in [4.69, 9.17) is 22.7 Å². The first-order valence-electron chi connectivity index (χ1n) is 5.86. The van der Waals surface area contributed by atoms with Gasteiger partial charge in [0.25, 0.3) is 0 Å². The molecule has 0 aliphatic rings. The summed E-state index contributed by atoms with van der Waals surface area (Å²) in [6.45, 7) is 4.19. The normalized spacial score (nSPS) is 10.5. The second-order valence-electron chi connectivity index (χ2n) is 4.41. The zero-order chi connectivity index (χ0) is 14.0. The zero-order valence-electron chi connectivity index (χ0n) is 10.8. The molecule has 0 atom stereocenters. The Bertz CT molecular complexity index is 638. The largest absolute Gasteiger partial charge is 0.384 e. The molecule has 0 aliphatic heterocycles. The lowest BCUT2D eigenvalue weighted by Gasteiger charge is -2.08. The Labute approximate surface area is 122 Å². The first-order chi connectivity index (χ1) is 8.97. The molecule has 4 heteroatoms. The highest BCUT2D eigenvalue weighted by Gasteiger charge is 2.06. The molecule has 3 N–H and O–H groups in total. The van der Waals surface area contributed by atoms with Crippen LogP contribution in [0.2, 0.25) is 5.02 Å².